The molecule has 1 aromatic heterocycles. The lowest BCUT2D eigenvalue weighted by Gasteiger charge is -2.19. The molecule has 1 amide bonds. The number of carbonyl (C=O) groups excluding carboxylic acids is 1. The lowest BCUT2D eigenvalue weighted by molar-refractivity contribution is 0.0528. The quantitative estimate of drug-likeness (QED) is 0.840. The Hall–Kier alpha value is -1.29. The van der Waals surface area contributed by atoms with Crippen molar-refractivity contribution in [3.8, 4) is 0 Å². The molecule has 0 bridgehead atoms. The molecule has 1 atom stereocenters. The number of nitrogens with zero attached hydrogens (tertiary/aromatic N) is 1. The average molecular weight is 299 g/mol. The van der Waals surface area contributed by atoms with Crippen LogP contribution in [0.25, 0.3) is 0 Å². The van der Waals surface area contributed by atoms with Crippen molar-refractivity contribution < 1.29 is 9.53 Å². The summed E-state index contributed by atoms with van der Waals surface area (Å²) in [6.45, 7) is 8.02. The van der Waals surface area contributed by atoms with Gasteiger partial charge in [0.05, 0.1) is 5.38 Å². The van der Waals surface area contributed by atoms with Crippen LogP contribution in [0.5, 0.6) is 0 Å². The molecule has 0 spiro atoms. The first-order valence-electron chi connectivity index (χ1n) is 6.88. The molecule has 0 saturated carbocycles. The Balaban J connectivity index is 2.52. The van der Waals surface area contributed by atoms with Crippen molar-refractivity contribution in [3.63, 3.8) is 0 Å². The van der Waals surface area contributed by atoms with Crippen LogP contribution in [0.15, 0.2) is 18.3 Å². The molecule has 0 radical (unpaired) electrons. The lowest BCUT2D eigenvalue weighted by Crippen LogP contribution is -2.33. The van der Waals surface area contributed by atoms with Gasteiger partial charge in [0.15, 0.2) is 0 Å². The van der Waals surface area contributed by atoms with Crippen LogP contribution in [-0.4, -0.2) is 23.2 Å². The smallest absolute Gasteiger partial charge is 0.407 e. The normalized spacial score (nSPS) is 12.8. The molecule has 0 fully saturated rings. The summed E-state index contributed by atoms with van der Waals surface area (Å²) in [5.74, 6) is 0. The third-order valence-electron chi connectivity index (χ3n) is 2.65. The van der Waals surface area contributed by atoms with E-state index in [4.69, 9.17) is 16.3 Å². The molecule has 112 valence electrons. The van der Waals surface area contributed by atoms with E-state index in [1.165, 1.54) is 0 Å². The first kappa shape index (κ1) is 16.8. The van der Waals surface area contributed by atoms with Crippen molar-refractivity contribution in [2.45, 2.75) is 51.5 Å². The number of nitrogens with one attached hydrogen (secondary N) is 1. The highest BCUT2D eigenvalue weighted by molar-refractivity contribution is 6.20. The maximum Gasteiger partial charge on any atom is 0.407 e. The maximum atomic E-state index is 11.5. The van der Waals surface area contributed by atoms with E-state index in [1.54, 1.807) is 6.20 Å². The standard InChI is InChI=1S/C15H23ClN2O2/c1-5-12(16)11-7-6-9-17-13(11)8-10-18-14(19)20-15(2,3)4/h6-7,9,12H,5,8,10H2,1-4H3,(H,18,19). The van der Waals surface area contributed by atoms with E-state index >= 15 is 0 Å². The number of aromatic nitrogens is 1. The number of halogens is 1. The molecule has 1 aromatic rings. The van der Waals surface area contributed by atoms with Crippen LogP contribution < -0.4 is 5.32 Å². The highest BCUT2D eigenvalue weighted by atomic mass is 35.5. The number of hydrogen-bond acceptors (Lipinski definition) is 3. The summed E-state index contributed by atoms with van der Waals surface area (Å²) in [5.41, 5.74) is 1.47. The molecule has 0 saturated heterocycles. The van der Waals surface area contributed by atoms with Gasteiger partial charge in [-0.15, -0.1) is 11.6 Å². The lowest BCUT2D eigenvalue weighted by atomic mass is 10.1. The van der Waals surface area contributed by atoms with Crippen LogP contribution in [0, 0.1) is 0 Å². The van der Waals surface area contributed by atoms with Crippen molar-refractivity contribution in [2.75, 3.05) is 6.54 Å². The van der Waals surface area contributed by atoms with E-state index in [2.05, 4.69) is 10.3 Å². The van der Waals surface area contributed by atoms with Crippen molar-refractivity contribution in [3.05, 3.63) is 29.6 Å². The van der Waals surface area contributed by atoms with Gasteiger partial charge in [-0.2, -0.15) is 0 Å². The third-order valence-corrected chi connectivity index (χ3v) is 3.20. The van der Waals surface area contributed by atoms with Gasteiger partial charge in [0.2, 0.25) is 0 Å². The molecule has 5 heteroatoms. The Morgan fingerprint density at radius 3 is 2.80 bits per heavy atom. The van der Waals surface area contributed by atoms with E-state index < -0.39 is 11.7 Å². The summed E-state index contributed by atoms with van der Waals surface area (Å²) in [6.07, 6.45) is 2.82. The molecular formula is C15H23ClN2O2. The van der Waals surface area contributed by atoms with Crippen molar-refractivity contribution in [1.29, 1.82) is 0 Å². The Labute approximate surface area is 125 Å². The van der Waals surface area contributed by atoms with Gasteiger partial charge < -0.3 is 10.1 Å². The van der Waals surface area contributed by atoms with Crippen molar-refractivity contribution in [2.24, 2.45) is 0 Å². The van der Waals surface area contributed by atoms with E-state index in [9.17, 15) is 4.79 Å². The van der Waals surface area contributed by atoms with Gasteiger partial charge >= 0.3 is 6.09 Å². The molecule has 1 rings (SSSR count). The fourth-order valence-electron chi connectivity index (χ4n) is 1.76. The highest BCUT2D eigenvalue weighted by Crippen LogP contribution is 2.25. The minimum Gasteiger partial charge on any atom is -0.444 e. The molecule has 1 unspecified atom stereocenters. The fourth-order valence-corrected chi connectivity index (χ4v) is 1.96. The molecule has 0 aliphatic heterocycles. The Morgan fingerprint density at radius 1 is 1.50 bits per heavy atom. The van der Waals surface area contributed by atoms with Crippen molar-refractivity contribution >= 4 is 17.7 Å². The first-order valence-corrected chi connectivity index (χ1v) is 7.32. The summed E-state index contributed by atoms with van der Waals surface area (Å²) in [7, 11) is 0. The number of alkyl carbamates (subject to hydrolysis) is 1. The van der Waals surface area contributed by atoms with E-state index in [1.807, 2.05) is 39.8 Å². The molecule has 1 N–H and O–H groups in total. The fraction of sp³-hybridized carbons (Fsp3) is 0.600. The topological polar surface area (TPSA) is 51.2 Å². The zero-order chi connectivity index (χ0) is 15.2. The number of amides is 1. The molecule has 0 aromatic carbocycles. The van der Waals surface area contributed by atoms with Crippen LogP contribution in [0.1, 0.15) is 50.8 Å². The number of pyridine rings is 1. The van der Waals surface area contributed by atoms with Crippen LogP contribution in [0.2, 0.25) is 0 Å². The van der Waals surface area contributed by atoms with Gasteiger partial charge in [0.1, 0.15) is 5.60 Å². The van der Waals surface area contributed by atoms with Gasteiger partial charge in [0.25, 0.3) is 0 Å². The Morgan fingerprint density at radius 2 is 2.20 bits per heavy atom. The maximum absolute atomic E-state index is 11.5. The molecule has 20 heavy (non-hydrogen) atoms. The molecule has 0 aliphatic rings. The predicted octanol–water partition coefficient (Wildman–Crippen LogP) is 3.84. The summed E-state index contributed by atoms with van der Waals surface area (Å²) < 4.78 is 5.18. The minimum atomic E-state index is -0.482. The number of alkyl halides is 1. The summed E-state index contributed by atoms with van der Waals surface area (Å²) >= 11 is 6.27. The second kappa shape index (κ2) is 7.48. The molecule has 0 aliphatic carbocycles. The van der Waals surface area contributed by atoms with Gasteiger partial charge in [-0.25, -0.2) is 4.79 Å². The first-order chi connectivity index (χ1) is 9.33. The second-order valence-electron chi connectivity index (χ2n) is 5.59. The Kier molecular flexibility index (Phi) is 6.27. The zero-order valence-corrected chi connectivity index (χ0v) is 13.3. The van der Waals surface area contributed by atoms with Crippen LogP contribution >= 0.6 is 11.6 Å². The third kappa shape index (κ3) is 5.78. The number of ether oxygens (including phenoxy) is 1. The van der Waals surface area contributed by atoms with E-state index in [0.29, 0.717) is 13.0 Å². The second-order valence-corrected chi connectivity index (χ2v) is 6.12. The van der Waals surface area contributed by atoms with Gasteiger partial charge in [-0.05, 0) is 38.8 Å². The summed E-state index contributed by atoms with van der Waals surface area (Å²) in [6, 6.07) is 3.86. The summed E-state index contributed by atoms with van der Waals surface area (Å²) in [4.78, 5) is 15.9. The van der Waals surface area contributed by atoms with E-state index in [0.717, 1.165) is 17.7 Å². The van der Waals surface area contributed by atoms with Crippen LogP contribution in [-0.2, 0) is 11.2 Å². The molecule has 1 heterocycles. The number of hydrogen-bond donors (Lipinski definition) is 1. The van der Waals surface area contributed by atoms with Gasteiger partial charge in [-0.1, -0.05) is 13.0 Å². The number of carbonyl (C=O) groups is 1. The SMILES string of the molecule is CCC(Cl)c1cccnc1CCNC(=O)OC(C)(C)C. The minimum absolute atomic E-state index is 0.0415. The average Bonchev–Trinajstić information content (AvgIpc) is 2.36. The monoisotopic (exact) mass is 298 g/mol. The van der Waals surface area contributed by atoms with Gasteiger partial charge in [0, 0.05) is 24.9 Å². The highest BCUT2D eigenvalue weighted by Gasteiger charge is 2.16. The molecular weight excluding hydrogens is 276 g/mol. The largest absolute Gasteiger partial charge is 0.444 e. The predicted molar refractivity (Wildman–Crippen MR) is 81.1 cm³/mol. The van der Waals surface area contributed by atoms with Crippen LogP contribution in [0.4, 0.5) is 4.79 Å². The Bertz CT molecular complexity index is 444. The van der Waals surface area contributed by atoms with Crippen molar-refractivity contribution in [1.82, 2.24) is 10.3 Å². The van der Waals surface area contributed by atoms with E-state index in [-0.39, 0.29) is 5.38 Å². The van der Waals surface area contributed by atoms with Gasteiger partial charge in [-0.3, -0.25) is 4.98 Å². The summed E-state index contributed by atoms with van der Waals surface area (Å²) in [5, 5.41) is 2.69. The molecule has 4 nitrogen and oxygen atoms in total. The zero-order valence-electron chi connectivity index (χ0n) is 12.6. The number of rotatable bonds is 5. The van der Waals surface area contributed by atoms with Crippen LogP contribution in [0.3, 0.4) is 0 Å².